The van der Waals surface area contributed by atoms with Crippen LogP contribution in [0.2, 0.25) is 0 Å². The molecule has 3 rings (SSSR count). The average molecular weight is 331 g/mol. The lowest BCUT2D eigenvalue weighted by atomic mass is 9.89. The Morgan fingerprint density at radius 3 is 2.67 bits per heavy atom. The highest BCUT2D eigenvalue weighted by Gasteiger charge is 2.26. The molecule has 1 fully saturated rings. The van der Waals surface area contributed by atoms with E-state index in [0.717, 1.165) is 17.4 Å². The minimum absolute atomic E-state index is 0.358. The normalized spacial score (nSPS) is 16.5. The maximum Gasteiger partial charge on any atom is 0.424 e. The Morgan fingerprint density at radius 2 is 2.00 bits per heavy atom. The molecule has 0 aromatic carbocycles. The van der Waals surface area contributed by atoms with Crippen molar-refractivity contribution in [2.75, 3.05) is 0 Å². The van der Waals surface area contributed by atoms with Gasteiger partial charge in [-0.05, 0) is 51.7 Å². The van der Waals surface area contributed by atoms with Crippen LogP contribution in [0, 0.1) is 5.92 Å². The van der Waals surface area contributed by atoms with Crippen LogP contribution in [-0.4, -0.2) is 25.8 Å². The third-order valence-electron chi connectivity index (χ3n) is 4.43. The topological polar surface area (TPSA) is 66.1 Å². The van der Waals surface area contributed by atoms with Crippen molar-refractivity contribution in [1.29, 1.82) is 0 Å². The van der Waals surface area contributed by atoms with Gasteiger partial charge in [-0.15, -0.1) is 0 Å². The lowest BCUT2D eigenvalue weighted by Gasteiger charge is -2.21. The van der Waals surface area contributed by atoms with Gasteiger partial charge in [-0.25, -0.2) is 14.6 Å². The van der Waals surface area contributed by atoms with E-state index >= 15 is 0 Å². The maximum atomic E-state index is 12.9. The Balaban J connectivity index is 2.02. The lowest BCUT2D eigenvalue weighted by Crippen LogP contribution is -2.35. The first kappa shape index (κ1) is 16.7. The molecule has 0 radical (unpaired) electrons. The van der Waals surface area contributed by atoms with Crippen molar-refractivity contribution in [2.24, 2.45) is 5.92 Å². The van der Waals surface area contributed by atoms with Crippen LogP contribution < -0.4 is 5.69 Å². The summed E-state index contributed by atoms with van der Waals surface area (Å²) < 4.78 is 8.13. The van der Waals surface area contributed by atoms with Gasteiger partial charge in [0.05, 0.1) is 5.52 Å². The van der Waals surface area contributed by atoms with E-state index < -0.39 is 11.7 Å². The van der Waals surface area contributed by atoms with Crippen molar-refractivity contribution in [2.45, 2.75) is 65.0 Å². The highest BCUT2D eigenvalue weighted by Crippen LogP contribution is 2.26. The van der Waals surface area contributed by atoms with Crippen LogP contribution in [0.5, 0.6) is 0 Å². The second kappa shape index (κ2) is 6.42. The molecule has 0 aliphatic heterocycles. The minimum Gasteiger partial charge on any atom is -0.443 e. The largest absolute Gasteiger partial charge is 0.443 e. The third-order valence-corrected chi connectivity index (χ3v) is 4.43. The van der Waals surface area contributed by atoms with E-state index in [0.29, 0.717) is 23.6 Å². The van der Waals surface area contributed by atoms with Gasteiger partial charge in [0, 0.05) is 12.7 Å². The fourth-order valence-corrected chi connectivity index (χ4v) is 3.36. The highest BCUT2D eigenvalue weighted by atomic mass is 16.6. The molecular formula is C18H25N3O3. The maximum absolute atomic E-state index is 12.9. The molecule has 2 aromatic rings. The van der Waals surface area contributed by atoms with Crippen molar-refractivity contribution in [3.63, 3.8) is 0 Å². The van der Waals surface area contributed by atoms with Gasteiger partial charge in [-0.2, -0.15) is 4.57 Å². The smallest absolute Gasteiger partial charge is 0.424 e. The predicted octanol–water partition coefficient (Wildman–Crippen LogP) is 3.56. The summed E-state index contributed by atoms with van der Waals surface area (Å²) in [5, 5.41) is 0. The first-order valence-corrected chi connectivity index (χ1v) is 8.66. The van der Waals surface area contributed by atoms with Crippen molar-refractivity contribution in [3.05, 3.63) is 28.8 Å². The van der Waals surface area contributed by atoms with E-state index in [-0.39, 0.29) is 5.69 Å². The summed E-state index contributed by atoms with van der Waals surface area (Å²) in [5.41, 5.74) is 0.0401. The molecule has 6 nitrogen and oxygen atoms in total. The summed E-state index contributed by atoms with van der Waals surface area (Å²) in [6.45, 7) is 5.98. The number of rotatable bonds is 2. The zero-order valence-corrected chi connectivity index (χ0v) is 14.6. The minimum atomic E-state index is -0.668. The Bertz CT molecular complexity index is 792. The van der Waals surface area contributed by atoms with Gasteiger partial charge in [0.25, 0.3) is 0 Å². The fraction of sp³-hybridized carbons (Fsp3) is 0.611. The molecule has 6 heteroatoms. The van der Waals surface area contributed by atoms with Gasteiger partial charge in [0.15, 0.2) is 5.65 Å². The Labute approximate surface area is 141 Å². The van der Waals surface area contributed by atoms with Crippen molar-refractivity contribution < 1.29 is 9.53 Å². The van der Waals surface area contributed by atoms with Gasteiger partial charge in [-0.3, -0.25) is 4.57 Å². The second-order valence-corrected chi connectivity index (χ2v) is 7.56. The molecule has 2 aromatic heterocycles. The van der Waals surface area contributed by atoms with Crippen LogP contribution >= 0.6 is 0 Å². The summed E-state index contributed by atoms with van der Waals surface area (Å²) in [5.74, 6) is 0.481. The number of imidazole rings is 1. The lowest BCUT2D eigenvalue weighted by molar-refractivity contribution is 0.0536. The Hall–Kier alpha value is -2.11. The third kappa shape index (κ3) is 3.37. The van der Waals surface area contributed by atoms with Gasteiger partial charge >= 0.3 is 11.8 Å². The molecule has 24 heavy (non-hydrogen) atoms. The number of ether oxygens (including phenoxy) is 1. The summed E-state index contributed by atoms with van der Waals surface area (Å²) in [4.78, 5) is 29.6. The van der Waals surface area contributed by atoms with E-state index in [4.69, 9.17) is 4.74 Å². The highest BCUT2D eigenvalue weighted by molar-refractivity contribution is 5.84. The Kier molecular flexibility index (Phi) is 4.47. The number of carbonyl (C=O) groups excluding carboxylic acids is 1. The zero-order chi connectivity index (χ0) is 17.3. The van der Waals surface area contributed by atoms with Crippen LogP contribution in [0.15, 0.2) is 23.1 Å². The number of fused-ring (bicyclic) bond motifs is 1. The van der Waals surface area contributed by atoms with E-state index in [1.165, 1.54) is 19.3 Å². The van der Waals surface area contributed by atoms with Crippen molar-refractivity contribution in [1.82, 2.24) is 14.1 Å². The molecule has 0 unspecified atom stereocenters. The molecule has 1 aliphatic carbocycles. The van der Waals surface area contributed by atoms with Gasteiger partial charge < -0.3 is 4.74 Å². The van der Waals surface area contributed by atoms with E-state index in [1.54, 1.807) is 37.6 Å². The Morgan fingerprint density at radius 1 is 1.29 bits per heavy atom. The summed E-state index contributed by atoms with van der Waals surface area (Å²) in [6, 6.07) is 3.63. The van der Waals surface area contributed by atoms with Crippen LogP contribution in [0.4, 0.5) is 4.79 Å². The van der Waals surface area contributed by atoms with Crippen molar-refractivity contribution in [3.8, 4) is 0 Å². The first-order valence-electron chi connectivity index (χ1n) is 8.66. The van der Waals surface area contributed by atoms with Gasteiger partial charge in [0.1, 0.15) is 5.60 Å². The van der Waals surface area contributed by atoms with E-state index in [9.17, 15) is 9.59 Å². The monoisotopic (exact) mass is 331 g/mol. The first-order chi connectivity index (χ1) is 11.4. The molecule has 0 N–H and O–H groups in total. The predicted molar refractivity (Wildman–Crippen MR) is 92.2 cm³/mol. The molecule has 0 spiro atoms. The van der Waals surface area contributed by atoms with Crippen LogP contribution in [0.25, 0.3) is 11.2 Å². The number of nitrogens with zero attached hydrogens (tertiary/aromatic N) is 3. The number of aromatic nitrogens is 3. The fourth-order valence-electron chi connectivity index (χ4n) is 3.36. The van der Waals surface area contributed by atoms with Gasteiger partial charge in [0.2, 0.25) is 0 Å². The molecule has 1 saturated carbocycles. The standard InChI is InChI=1S/C18H25N3O3/c1-18(2,3)24-17(23)21-15-14(10-7-11-19-15)20(16(21)22)12-13-8-5-4-6-9-13/h7,10-11,13H,4-6,8-9,12H2,1-3H3. The summed E-state index contributed by atoms with van der Waals surface area (Å²) >= 11 is 0. The molecule has 0 amide bonds. The van der Waals surface area contributed by atoms with Crippen LogP contribution in [-0.2, 0) is 11.3 Å². The number of pyridine rings is 1. The number of hydrogen-bond donors (Lipinski definition) is 0. The number of hydrogen-bond acceptors (Lipinski definition) is 4. The molecule has 0 atom stereocenters. The molecule has 130 valence electrons. The van der Waals surface area contributed by atoms with Crippen molar-refractivity contribution >= 4 is 17.3 Å². The number of carbonyl (C=O) groups is 1. The molecular weight excluding hydrogens is 306 g/mol. The van der Waals surface area contributed by atoms with Crippen LogP contribution in [0.1, 0.15) is 52.9 Å². The molecule has 2 heterocycles. The summed E-state index contributed by atoms with van der Waals surface area (Å²) in [7, 11) is 0. The van der Waals surface area contributed by atoms with E-state index in [1.807, 2.05) is 6.07 Å². The second-order valence-electron chi connectivity index (χ2n) is 7.56. The molecule has 0 saturated heterocycles. The van der Waals surface area contributed by atoms with Gasteiger partial charge in [-0.1, -0.05) is 19.3 Å². The zero-order valence-electron chi connectivity index (χ0n) is 14.6. The molecule has 0 bridgehead atoms. The SMILES string of the molecule is CC(C)(C)OC(=O)n1c(=O)n(CC2CCCCC2)c2cccnc21. The summed E-state index contributed by atoms with van der Waals surface area (Å²) in [6.07, 6.45) is 6.88. The van der Waals surface area contributed by atoms with Crippen LogP contribution in [0.3, 0.4) is 0 Å². The molecule has 1 aliphatic rings. The average Bonchev–Trinajstić information content (AvgIpc) is 2.79. The van der Waals surface area contributed by atoms with E-state index in [2.05, 4.69) is 4.98 Å². The quantitative estimate of drug-likeness (QED) is 0.844.